The summed E-state index contributed by atoms with van der Waals surface area (Å²) in [5.74, 6) is -0.812. The van der Waals surface area contributed by atoms with E-state index in [0.29, 0.717) is 29.7 Å². The van der Waals surface area contributed by atoms with Gasteiger partial charge in [0.2, 0.25) is 0 Å². The molecule has 4 rings (SSSR count). The molecular weight excluding hydrogens is 420 g/mol. The summed E-state index contributed by atoms with van der Waals surface area (Å²) in [5.41, 5.74) is 3.71. The summed E-state index contributed by atoms with van der Waals surface area (Å²) in [4.78, 5) is 12.9. The van der Waals surface area contributed by atoms with Crippen LogP contribution < -0.4 is 9.64 Å². The van der Waals surface area contributed by atoms with Crippen LogP contribution >= 0.6 is 0 Å². The summed E-state index contributed by atoms with van der Waals surface area (Å²) in [6.07, 6.45) is -0.742. The lowest BCUT2D eigenvalue weighted by atomic mass is 9.94. The third kappa shape index (κ3) is 3.99. The third-order valence-electron chi connectivity index (χ3n) is 5.63. The van der Waals surface area contributed by atoms with Crippen molar-refractivity contribution in [2.75, 3.05) is 19.1 Å². The number of hydrogen-bond acceptors (Lipinski definition) is 5. The summed E-state index contributed by atoms with van der Waals surface area (Å²) in [5, 5.41) is 10.4. The zero-order valence-corrected chi connectivity index (χ0v) is 17.7. The van der Waals surface area contributed by atoms with E-state index < -0.39 is 18.8 Å². The van der Waals surface area contributed by atoms with E-state index in [-0.39, 0.29) is 12.2 Å². The van der Waals surface area contributed by atoms with Crippen molar-refractivity contribution in [2.24, 2.45) is 0 Å². The number of alkyl halides is 2. The van der Waals surface area contributed by atoms with E-state index in [1.807, 2.05) is 17.0 Å². The molecule has 1 atom stereocenters. The molecule has 0 saturated carbocycles. The fraction of sp³-hybridized carbons (Fsp3) is 0.292. The van der Waals surface area contributed by atoms with Crippen molar-refractivity contribution >= 4 is 22.4 Å². The van der Waals surface area contributed by atoms with E-state index in [0.717, 1.165) is 22.2 Å². The first-order valence-electron chi connectivity index (χ1n) is 10.0. The van der Waals surface area contributed by atoms with Crippen LogP contribution in [-0.4, -0.2) is 31.9 Å². The fourth-order valence-electron chi connectivity index (χ4n) is 4.38. The molecule has 32 heavy (non-hydrogen) atoms. The maximum absolute atomic E-state index is 13.4. The summed E-state index contributed by atoms with van der Waals surface area (Å²) in [6, 6.07) is 14.3. The van der Waals surface area contributed by atoms with Crippen LogP contribution in [0.25, 0.3) is 10.8 Å². The average Bonchev–Trinajstić information content (AvgIpc) is 3.15. The van der Waals surface area contributed by atoms with Crippen LogP contribution in [0.3, 0.4) is 0 Å². The number of halogens is 2. The normalized spacial score (nSPS) is 15.4. The van der Waals surface area contributed by atoms with Crippen LogP contribution in [0.1, 0.15) is 28.5 Å². The Kier molecular flexibility index (Phi) is 6.25. The molecule has 8 heteroatoms. The second-order valence-electron chi connectivity index (χ2n) is 7.51. The molecule has 0 bridgehead atoms. The largest absolute Gasteiger partial charge is 0.481 e. The molecule has 168 valence electrons. The van der Waals surface area contributed by atoms with Crippen molar-refractivity contribution in [3.63, 3.8) is 0 Å². The number of anilines is 1. The SMILES string of the molecule is COCc1c2c(c(OC(F)F)c3ccccc13)C(OC)N(c1ccc(CC(=O)O)cc1)C2. The Balaban J connectivity index is 1.87. The molecule has 0 aromatic heterocycles. The highest BCUT2D eigenvalue weighted by Crippen LogP contribution is 2.48. The predicted octanol–water partition coefficient (Wildman–Crippen LogP) is 4.88. The lowest BCUT2D eigenvalue weighted by molar-refractivity contribution is -0.136. The van der Waals surface area contributed by atoms with Gasteiger partial charge in [0.05, 0.1) is 13.0 Å². The maximum Gasteiger partial charge on any atom is 0.387 e. The van der Waals surface area contributed by atoms with E-state index in [2.05, 4.69) is 0 Å². The second kappa shape index (κ2) is 9.10. The Bertz CT molecular complexity index is 1130. The number of aliphatic carboxylic acids is 1. The molecule has 0 aliphatic carbocycles. The monoisotopic (exact) mass is 443 g/mol. The number of carboxylic acids is 1. The highest BCUT2D eigenvalue weighted by molar-refractivity contribution is 5.94. The first kappa shape index (κ1) is 22.0. The van der Waals surface area contributed by atoms with E-state index in [1.54, 1.807) is 43.5 Å². The minimum Gasteiger partial charge on any atom is -0.481 e. The van der Waals surface area contributed by atoms with Crippen molar-refractivity contribution in [1.29, 1.82) is 0 Å². The molecule has 1 aliphatic rings. The summed E-state index contributed by atoms with van der Waals surface area (Å²) in [6.45, 7) is -2.29. The smallest absolute Gasteiger partial charge is 0.387 e. The minimum absolute atomic E-state index is 0.0794. The number of methoxy groups -OCH3 is 2. The molecule has 0 fully saturated rings. The molecule has 1 unspecified atom stereocenters. The Labute approximate surface area is 183 Å². The van der Waals surface area contributed by atoms with E-state index in [1.165, 1.54) is 7.11 Å². The molecule has 0 saturated heterocycles. The van der Waals surface area contributed by atoms with Gasteiger partial charge in [0.1, 0.15) is 5.75 Å². The van der Waals surface area contributed by atoms with Crippen molar-refractivity contribution in [1.82, 2.24) is 0 Å². The molecule has 0 radical (unpaired) electrons. The number of nitrogens with zero attached hydrogens (tertiary/aromatic N) is 1. The number of carboxylic acid groups (broad SMARTS) is 1. The van der Waals surface area contributed by atoms with Crippen LogP contribution in [0.4, 0.5) is 14.5 Å². The lowest BCUT2D eigenvalue weighted by Gasteiger charge is -2.27. The number of fused-ring (bicyclic) bond motifs is 2. The van der Waals surface area contributed by atoms with E-state index in [9.17, 15) is 13.6 Å². The van der Waals surface area contributed by atoms with Crippen LogP contribution in [0.15, 0.2) is 48.5 Å². The quantitative estimate of drug-likeness (QED) is 0.535. The van der Waals surface area contributed by atoms with Gasteiger partial charge in [-0.2, -0.15) is 8.78 Å². The Morgan fingerprint density at radius 3 is 2.41 bits per heavy atom. The molecule has 3 aromatic rings. The summed E-state index contributed by atoms with van der Waals surface area (Å²) >= 11 is 0. The lowest BCUT2D eigenvalue weighted by Crippen LogP contribution is -2.23. The van der Waals surface area contributed by atoms with E-state index >= 15 is 0 Å². The molecule has 3 aromatic carbocycles. The summed E-state index contributed by atoms with van der Waals surface area (Å²) < 4.78 is 43.1. The Hall–Kier alpha value is -3.23. The van der Waals surface area contributed by atoms with Gasteiger partial charge in [-0.05, 0) is 34.2 Å². The van der Waals surface area contributed by atoms with Crippen molar-refractivity contribution in [3.05, 3.63) is 70.8 Å². The second-order valence-corrected chi connectivity index (χ2v) is 7.51. The maximum atomic E-state index is 13.4. The fourth-order valence-corrected chi connectivity index (χ4v) is 4.38. The molecule has 1 N–H and O–H groups in total. The zero-order valence-electron chi connectivity index (χ0n) is 17.7. The van der Waals surface area contributed by atoms with Gasteiger partial charge in [-0.3, -0.25) is 4.79 Å². The van der Waals surface area contributed by atoms with Gasteiger partial charge in [-0.1, -0.05) is 36.4 Å². The third-order valence-corrected chi connectivity index (χ3v) is 5.63. The topological polar surface area (TPSA) is 68.2 Å². The molecule has 0 spiro atoms. The Morgan fingerprint density at radius 1 is 1.12 bits per heavy atom. The van der Waals surface area contributed by atoms with Crippen LogP contribution in [0.5, 0.6) is 5.75 Å². The van der Waals surface area contributed by atoms with Gasteiger partial charge in [-0.15, -0.1) is 0 Å². The van der Waals surface area contributed by atoms with Crippen LogP contribution in [-0.2, 0) is 33.8 Å². The molecule has 6 nitrogen and oxygen atoms in total. The predicted molar refractivity (Wildman–Crippen MR) is 115 cm³/mol. The van der Waals surface area contributed by atoms with Crippen molar-refractivity contribution in [2.45, 2.75) is 32.4 Å². The highest BCUT2D eigenvalue weighted by Gasteiger charge is 2.37. The van der Waals surface area contributed by atoms with Crippen molar-refractivity contribution in [3.8, 4) is 5.75 Å². The highest BCUT2D eigenvalue weighted by atomic mass is 19.3. The standard InChI is InChI=1S/C24H23F2NO5/c1-30-13-19-16-5-3-4-6-17(16)22(32-24(25)26)21-18(19)12-27(23(21)31-2)15-9-7-14(8-10-15)11-20(28)29/h3-10,23-24H,11-13H2,1-2H3,(H,28,29). The van der Waals surface area contributed by atoms with Crippen LogP contribution in [0, 0.1) is 0 Å². The van der Waals surface area contributed by atoms with E-state index in [4.69, 9.17) is 19.3 Å². The number of benzene rings is 3. The first-order valence-corrected chi connectivity index (χ1v) is 10.0. The van der Waals surface area contributed by atoms with Gasteiger partial charge < -0.3 is 24.2 Å². The number of ether oxygens (including phenoxy) is 3. The van der Waals surface area contributed by atoms with Gasteiger partial charge >= 0.3 is 12.6 Å². The van der Waals surface area contributed by atoms with Gasteiger partial charge in [0.15, 0.2) is 6.23 Å². The van der Waals surface area contributed by atoms with Gasteiger partial charge in [-0.25, -0.2) is 0 Å². The molecule has 1 heterocycles. The number of rotatable bonds is 8. The number of carbonyl (C=O) groups is 1. The van der Waals surface area contributed by atoms with Gasteiger partial charge in [0.25, 0.3) is 0 Å². The molecule has 0 amide bonds. The molecular formula is C24H23F2NO5. The van der Waals surface area contributed by atoms with Gasteiger partial charge in [0, 0.05) is 37.4 Å². The first-order chi connectivity index (χ1) is 15.4. The van der Waals surface area contributed by atoms with Crippen molar-refractivity contribution < 1.29 is 32.9 Å². The van der Waals surface area contributed by atoms with Crippen LogP contribution in [0.2, 0.25) is 0 Å². The minimum atomic E-state index is -2.99. The average molecular weight is 443 g/mol. The Morgan fingerprint density at radius 2 is 1.81 bits per heavy atom. The summed E-state index contributed by atoms with van der Waals surface area (Å²) in [7, 11) is 3.11. The number of hydrogen-bond donors (Lipinski definition) is 1. The molecule has 1 aliphatic heterocycles. The zero-order chi connectivity index (χ0) is 22.8.